The maximum absolute atomic E-state index is 11.7. The van der Waals surface area contributed by atoms with E-state index in [1.165, 1.54) is 7.11 Å². The minimum absolute atomic E-state index is 0.244. The molecule has 0 bridgehead atoms. The molecule has 1 rings (SSSR count). The molecule has 0 aromatic heterocycles. The number of nitrogens with two attached hydrogens (primary N) is 1. The summed E-state index contributed by atoms with van der Waals surface area (Å²) in [6.07, 6.45) is 5.58. The van der Waals surface area contributed by atoms with Crippen LogP contribution in [0.4, 0.5) is 5.69 Å². The van der Waals surface area contributed by atoms with Crippen molar-refractivity contribution in [3.8, 4) is 18.1 Å². The molecule has 0 aliphatic rings. The quantitative estimate of drug-likeness (QED) is 0.450. The molecule has 4 heteroatoms. The standard InChI is InChI=1S/C12H14N2O2/c1-3-4-7-14-12(15)10-8-9(16-2)5-6-11(10)13/h1,5-6,8H,4,7,13H2,2H3,(H,14,15). The molecule has 84 valence electrons. The molecule has 1 amide bonds. The number of carbonyl (C=O) groups excluding carboxylic acids is 1. The number of benzene rings is 1. The van der Waals surface area contributed by atoms with Crippen molar-refractivity contribution < 1.29 is 9.53 Å². The number of nitrogens with one attached hydrogen (secondary N) is 1. The van der Waals surface area contributed by atoms with E-state index >= 15 is 0 Å². The summed E-state index contributed by atoms with van der Waals surface area (Å²) in [5.74, 6) is 2.79. The summed E-state index contributed by atoms with van der Waals surface area (Å²) in [7, 11) is 1.53. The average molecular weight is 218 g/mol. The molecule has 0 aliphatic heterocycles. The Hall–Kier alpha value is -2.15. The average Bonchev–Trinajstić information content (AvgIpc) is 2.30. The maximum Gasteiger partial charge on any atom is 0.253 e. The molecule has 0 atom stereocenters. The number of anilines is 1. The Bertz CT molecular complexity index is 422. The molecular weight excluding hydrogens is 204 g/mol. The molecule has 4 nitrogen and oxygen atoms in total. The normalized spacial score (nSPS) is 9.25. The molecule has 0 aliphatic carbocycles. The van der Waals surface area contributed by atoms with Gasteiger partial charge in [0.25, 0.3) is 5.91 Å². The van der Waals surface area contributed by atoms with Crippen LogP contribution in [0.3, 0.4) is 0 Å². The van der Waals surface area contributed by atoms with E-state index in [1.807, 2.05) is 0 Å². The van der Waals surface area contributed by atoms with Crippen LogP contribution >= 0.6 is 0 Å². The number of methoxy groups -OCH3 is 1. The lowest BCUT2D eigenvalue weighted by atomic mass is 10.1. The van der Waals surface area contributed by atoms with E-state index in [0.29, 0.717) is 30.0 Å². The van der Waals surface area contributed by atoms with Crippen LogP contribution in [0.2, 0.25) is 0 Å². The Balaban J connectivity index is 2.78. The van der Waals surface area contributed by atoms with Gasteiger partial charge in [-0.2, -0.15) is 0 Å². The molecule has 0 saturated heterocycles. The highest BCUT2D eigenvalue weighted by atomic mass is 16.5. The van der Waals surface area contributed by atoms with Crippen LogP contribution in [0.15, 0.2) is 18.2 Å². The van der Waals surface area contributed by atoms with Crippen molar-refractivity contribution in [3.63, 3.8) is 0 Å². The summed E-state index contributed by atoms with van der Waals surface area (Å²) in [5, 5.41) is 2.68. The first-order valence-electron chi connectivity index (χ1n) is 4.84. The van der Waals surface area contributed by atoms with Crippen molar-refractivity contribution in [1.82, 2.24) is 5.32 Å². The van der Waals surface area contributed by atoms with Crippen molar-refractivity contribution in [2.24, 2.45) is 0 Å². The highest BCUT2D eigenvalue weighted by Crippen LogP contribution is 2.19. The molecule has 1 aromatic rings. The summed E-state index contributed by atoms with van der Waals surface area (Å²) < 4.78 is 5.02. The number of hydrogen-bond acceptors (Lipinski definition) is 3. The minimum atomic E-state index is -0.244. The van der Waals surface area contributed by atoms with E-state index in [0.717, 1.165) is 0 Å². The highest BCUT2D eigenvalue weighted by Gasteiger charge is 2.09. The Morgan fingerprint density at radius 2 is 2.38 bits per heavy atom. The van der Waals surface area contributed by atoms with Gasteiger partial charge in [-0.3, -0.25) is 4.79 Å². The van der Waals surface area contributed by atoms with Crippen LogP contribution in [0.5, 0.6) is 5.75 Å². The van der Waals surface area contributed by atoms with Crippen LogP contribution in [-0.4, -0.2) is 19.6 Å². The third kappa shape index (κ3) is 2.92. The van der Waals surface area contributed by atoms with Gasteiger partial charge < -0.3 is 15.8 Å². The Morgan fingerprint density at radius 1 is 1.62 bits per heavy atom. The first kappa shape index (κ1) is 11.9. The largest absolute Gasteiger partial charge is 0.497 e. The lowest BCUT2D eigenvalue weighted by Gasteiger charge is -2.08. The van der Waals surface area contributed by atoms with E-state index < -0.39 is 0 Å². The fraction of sp³-hybridized carbons (Fsp3) is 0.250. The molecule has 0 unspecified atom stereocenters. The number of amides is 1. The van der Waals surface area contributed by atoms with E-state index in [4.69, 9.17) is 16.9 Å². The smallest absolute Gasteiger partial charge is 0.253 e. The van der Waals surface area contributed by atoms with E-state index in [1.54, 1.807) is 18.2 Å². The Labute approximate surface area is 94.8 Å². The number of terminal acetylenes is 1. The lowest BCUT2D eigenvalue weighted by Crippen LogP contribution is -2.25. The zero-order valence-corrected chi connectivity index (χ0v) is 9.12. The molecule has 0 fully saturated rings. The molecule has 0 spiro atoms. The number of hydrogen-bond donors (Lipinski definition) is 2. The van der Waals surface area contributed by atoms with Gasteiger partial charge in [-0.05, 0) is 18.2 Å². The van der Waals surface area contributed by atoms with Crippen molar-refractivity contribution in [2.45, 2.75) is 6.42 Å². The summed E-state index contributed by atoms with van der Waals surface area (Å²) in [5.41, 5.74) is 6.51. The van der Waals surface area contributed by atoms with Gasteiger partial charge in [-0.25, -0.2) is 0 Å². The van der Waals surface area contributed by atoms with Gasteiger partial charge in [-0.1, -0.05) is 0 Å². The predicted molar refractivity (Wildman–Crippen MR) is 63.2 cm³/mol. The van der Waals surface area contributed by atoms with Gasteiger partial charge in [0.05, 0.1) is 12.7 Å². The summed E-state index contributed by atoms with van der Waals surface area (Å²) >= 11 is 0. The van der Waals surface area contributed by atoms with Crippen LogP contribution in [0.1, 0.15) is 16.8 Å². The lowest BCUT2D eigenvalue weighted by molar-refractivity contribution is 0.0955. The summed E-state index contributed by atoms with van der Waals surface area (Å²) in [4.78, 5) is 11.7. The molecule has 16 heavy (non-hydrogen) atoms. The van der Waals surface area contributed by atoms with Gasteiger partial charge in [-0.15, -0.1) is 12.3 Å². The number of nitrogen functional groups attached to an aromatic ring is 1. The van der Waals surface area contributed by atoms with Gasteiger partial charge in [0.15, 0.2) is 0 Å². The second-order valence-electron chi connectivity index (χ2n) is 3.16. The topological polar surface area (TPSA) is 64.3 Å². The van der Waals surface area contributed by atoms with Crippen LogP contribution in [0.25, 0.3) is 0 Å². The van der Waals surface area contributed by atoms with Crippen LogP contribution < -0.4 is 15.8 Å². The van der Waals surface area contributed by atoms with Gasteiger partial charge >= 0.3 is 0 Å². The fourth-order valence-electron chi connectivity index (χ4n) is 1.20. The number of ether oxygens (including phenoxy) is 1. The highest BCUT2D eigenvalue weighted by molar-refractivity contribution is 5.99. The number of rotatable bonds is 4. The number of carbonyl (C=O) groups is 1. The third-order valence-electron chi connectivity index (χ3n) is 2.06. The monoisotopic (exact) mass is 218 g/mol. The van der Waals surface area contributed by atoms with Crippen LogP contribution in [0, 0.1) is 12.3 Å². The molecule has 0 radical (unpaired) electrons. The van der Waals surface area contributed by atoms with Crippen molar-refractivity contribution in [2.75, 3.05) is 19.4 Å². The van der Waals surface area contributed by atoms with Gasteiger partial charge in [0.1, 0.15) is 5.75 Å². The first-order valence-corrected chi connectivity index (χ1v) is 4.84. The molecule has 0 saturated carbocycles. The van der Waals surface area contributed by atoms with E-state index in [2.05, 4.69) is 11.2 Å². The third-order valence-corrected chi connectivity index (χ3v) is 2.06. The SMILES string of the molecule is C#CCCNC(=O)c1cc(OC)ccc1N. The Morgan fingerprint density at radius 3 is 3.00 bits per heavy atom. The van der Waals surface area contributed by atoms with Crippen LogP contribution in [-0.2, 0) is 0 Å². The summed E-state index contributed by atoms with van der Waals surface area (Å²) in [6.45, 7) is 0.436. The van der Waals surface area contributed by atoms with Crippen molar-refractivity contribution in [1.29, 1.82) is 0 Å². The van der Waals surface area contributed by atoms with Crippen molar-refractivity contribution in [3.05, 3.63) is 23.8 Å². The zero-order chi connectivity index (χ0) is 12.0. The minimum Gasteiger partial charge on any atom is -0.497 e. The second-order valence-corrected chi connectivity index (χ2v) is 3.16. The summed E-state index contributed by atoms with van der Waals surface area (Å²) in [6, 6.07) is 4.93. The Kier molecular flexibility index (Phi) is 4.22. The second kappa shape index (κ2) is 5.66. The predicted octanol–water partition coefficient (Wildman–Crippen LogP) is 1.03. The fourth-order valence-corrected chi connectivity index (χ4v) is 1.20. The molecule has 3 N–H and O–H groups in total. The molecule has 1 aromatic carbocycles. The molecular formula is C12H14N2O2. The molecule has 0 heterocycles. The van der Waals surface area contributed by atoms with E-state index in [9.17, 15) is 4.79 Å². The first-order chi connectivity index (χ1) is 7.69. The maximum atomic E-state index is 11.7. The van der Waals surface area contributed by atoms with Gasteiger partial charge in [0, 0.05) is 18.7 Å². The van der Waals surface area contributed by atoms with Gasteiger partial charge in [0.2, 0.25) is 0 Å². The van der Waals surface area contributed by atoms with Crippen molar-refractivity contribution >= 4 is 11.6 Å². The zero-order valence-electron chi connectivity index (χ0n) is 9.12. The van der Waals surface area contributed by atoms with E-state index in [-0.39, 0.29) is 5.91 Å².